The van der Waals surface area contributed by atoms with Crippen LogP contribution in [0.5, 0.6) is 0 Å². The van der Waals surface area contributed by atoms with E-state index in [1.807, 2.05) is 31.3 Å². The summed E-state index contributed by atoms with van der Waals surface area (Å²) in [5, 5.41) is 3.05. The molecule has 1 heterocycles. The standard InChI is InChI=1S/C14H18N4O2S/c1-15-8-12-2-4-13(5-3-12)10-21(19,20)18-9-14-6-7-16-11-17-14/h2-7,11,15,18H,8-10H2,1H3. The van der Waals surface area contributed by atoms with E-state index in [0.29, 0.717) is 5.69 Å². The summed E-state index contributed by atoms with van der Waals surface area (Å²) in [6.07, 6.45) is 2.97. The number of nitrogens with one attached hydrogen (secondary N) is 2. The van der Waals surface area contributed by atoms with Gasteiger partial charge in [0.25, 0.3) is 0 Å². The van der Waals surface area contributed by atoms with Gasteiger partial charge in [0.1, 0.15) is 6.33 Å². The van der Waals surface area contributed by atoms with Crippen LogP contribution in [0.4, 0.5) is 0 Å². The smallest absolute Gasteiger partial charge is 0.216 e. The Morgan fingerprint density at radius 1 is 1.05 bits per heavy atom. The quantitative estimate of drug-likeness (QED) is 0.791. The lowest BCUT2D eigenvalue weighted by atomic mass is 10.1. The molecule has 0 saturated heterocycles. The van der Waals surface area contributed by atoms with E-state index in [4.69, 9.17) is 0 Å². The minimum atomic E-state index is -3.38. The number of sulfonamides is 1. The highest BCUT2D eigenvalue weighted by atomic mass is 32.2. The normalized spacial score (nSPS) is 11.5. The zero-order valence-electron chi connectivity index (χ0n) is 11.8. The van der Waals surface area contributed by atoms with Gasteiger partial charge in [0.15, 0.2) is 0 Å². The van der Waals surface area contributed by atoms with Gasteiger partial charge in [0.2, 0.25) is 10.0 Å². The van der Waals surface area contributed by atoms with Crippen LogP contribution in [0.3, 0.4) is 0 Å². The van der Waals surface area contributed by atoms with Crippen molar-refractivity contribution < 1.29 is 8.42 Å². The summed E-state index contributed by atoms with van der Waals surface area (Å²) in [5.74, 6) is -0.0437. The predicted octanol–water partition coefficient (Wildman–Crippen LogP) is 0.816. The van der Waals surface area contributed by atoms with Gasteiger partial charge in [-0.25, -0.2) is 23.1 Å². The van der Waals surface area contributed by atoms with Crippen LogP contribution < -0.4 is 10.0 Å². The molecule has 0 radical (unpaired) electrons. The maximum Gasteiger partial charge on any atom is 0.216 e. The van der Waals surface area contributed by atoms with Crippen molar-refractivity contribution in [3.8, 4) is 0 Å². The second-order valence-corrected chi connectivity index (χ2v) is 6.43. The highest BCUT2D eigenvalue weighted by Crippen LogP contribution is 2.08. The van der Waals surface area contributed by atoms with E-state index in [-0.39, 0.29) is 12.3 Å². The van der Waals surface area contributed by atoms with Crippen molar-refractivity contribution in [2.24, 2.45) is 0 Å². The molecule has 1 aromatic carbocycles. The van der Waals surface area contributed by atoms with Gasteiger partial charge >= 0.3 is 0 Å². The Morgan fingerprint density at radius 3 is 2.38 bits per heavy atom. The summed E-state index contributed by atoms with van der Waals surface area (Å²) in [5.41, 5.74) is 2.51. The summed E-state index contributed by atoms with van der Waals surface area (Å²) >= 11 is 0. The second kappa shape index (κ2) is 7.26. The van der Waals surface area contributed by atoms with Crippen molar-refractivity contribution in [3.63, 3.8) is 0 Å². The molecule has 112 valence electrons. The number of hydrogen-bond acceptors (Lipinski definition) is 5. The van der Waals surface area contributed by atoms with E-state index in [1.54, 1.807) is 12.3 Å². The summed E-state index contributed by atoms with van der Waals surface area (Å²) in [6, 6.07) is 9.18. The highest BCUT2D eigenvalue weighted by Gasteiger charge is 2.11. The maximum absolute atomic E-state index is 12.0. The summed E-state index contributed by atoms with van der Waals surface area (Å²) < 4.78 is 26.6. The van der Waals surface area contributed by atoms with Gasteiger partial charge in [0, 0.05) is 12.7 Å². The lowest BCUT2D eigenvalue weighted by molar-refractivity contribution is 0.579. The van der Waals surface area contributed by atoms with Crippen LogP contribution in [-0.2, 0) is 28.9 Å². The van der Waals surface area contributed by atoms with Crippen molar-refractivity contribution in [2.75, 3.05) is 7.05 Å². The third-order valence-corrected chi connectivity index (χ3v) is 4.17. The van der Waals surface area contributed by atoms with Crippen LogP contribution in [0, 0.1) is 0 Å². The van der Waals surface area contributed by atoms with Crippen LogP contribution >= 0.6 is 0 Å². The fourth-order valence-corrected chi connectivity index (χ4v) is 2.94. The predicted molar refractivity (Wildman–Crippen MR) is 80.7 cm³/mol. The molecule has 21 heavy (non-hydrogen) atoms. The molecule has 0 unspecified atom stereocenters. The number of benzene rings is 1. The van der Waals surface area contributed by atoms with Crippen molar-refractivity contribution in [1.82, 2.24) is 20.0 Å². The molecule has 1 aromatic heterocycles. The highest BCUT2D eigenvalue weighted by molar-refractivity contribution is 7.88. The average molecular weight is 306 g/mol. The topological polar surface area (TPSA) is 84.0 Å². The number of hydrogen-bond donors (Lipinski definition) is 2. The summed E-state index contributed by atoms with van der Waals surface area (Å²) in [6.45, 7) is 0.932. The van der Waals surface area contributed by atoms with Crippen LogP contribution in [0.15, 0.2) is 42.9 Å². The first-order valence-electron chi connectivity index (χ1n) is 6.54. The van der Waals surface area contributed by atoms with Gasteiger partial charge in [-0.2, -0.15) is 0 Å². The van der Waals surface area contributed by atoms with Gasteiger partial charge in [-0.3, -0.25) is 0 Å². The lowest BCUT2D eigenvalue weighted by Gasteiger charge is -2.07. The van der Waals surface area contributed by atoms with E-state index in [2.05, 4.69) is 20.0 Å². The molecule has 0 atom stereocenters. The zero-order valence-corrected chi connectivity index (χ0v) is 12.6. The van der Waals surface area contributed by atoms with Crippen LogP contribution in [0.2, 0.25) is 0 Å². The zero-order chi connectivity index (χ0) is 15.1. The van der Waals surface area contributed by atoms with Crippen LogP contribution in [-0.4, -0.2) is 25.4 Å². The molecule has 0 bridgehead atoms. The molecule has 0 aliphatic rings. The molecule has 0 saturated carbocycles. The molecular weight excluding hydrogens is 288 g/mol. The fourth-order valence-electron chi connectivity index (χ4n) is 1.83. The first-order chi connectivity index (χ1) is 10.1. The minimum absolute atomic E-state index is 0.0437. The molecule has 0 aliphatic carbocycles. The van der Waals surface area contributed by atoms with Crippen LogP contribution in [0.25, 0.3) is 0 Å². The lowest BCUT2D eigenvalue weighted by Crippen LogP contribution is -2.25. The third kappa shape index (κ3) is 5.22. The summed E-state index contributed by atoms with van der Waals surface area (Å²) in [7, 11) is -1.51. The van der Waals surface area contributed by atoms with Gasteiger partial charge in [-0.05, 0) is 24.2 Å². The van der Waals surface area contributed by atoms with Crippen LogP contribution in [0.1, 0.15) is 16.8 Å². The van der Waals surface area contributed by atoms with Gasteiger partial charge < -0.3 is 5.32 Å². The van der Waals surface area contributed by atoms with Crippen molar-refractivity contribution in [3.05, 3.63) is 59.7 Å². The average Bonchev–Trinajstić information content (AvgIpc) is 2.48. The monoisotopic (exact) mass is 306 g/mol. The Labute approximate surface area is 124 Å². The largest absolute Gasteiger partial charge is 0.316 e. The number of aromatic nitrogens is 2. The summed E-state index contributed by atoms with van der Waals surface area (Å²) in [4.78, 5) is 7.76. The molecule has 2 N–H and O–H groups in total. The first-order valence-corrected chi connectivity index (χ1v) is 8.19. The maximum atomic E-state index is 12.0. The Kier molecular flexibility index (Phi) is 5.38. The van der Waals surface area contributed by atoms with E-state index in [9.17, 15) is 8.42 Å². The molecule has 0 aliphatic heterocycles. The van der Waals surface area contributed by atoms with Gasteiger partial charge in [0.05, 0.1) is 18.0 Å². The van der Waals surface area contributed by atoms with Crippen molar-refractivity contribution in [1.29, 1.82) is 0 Å². The fraction of sp³-hybridized carbons (Fsp3) is 0.286. The van der Waals surface area contributed by atoms with E-state index < -0.39 is 10.0 Å². The van der Waals surface area contributed by atoms with Gasteiger partial charge in [-0.1, -0.05) is 24.3 Å². The Balaban J connectivity index is 1.94. The molecule has 7 heteroatoms. The number of rotatable bonds is 7. The Hall–Kier alpha value is -1.83. The molecule has 0 fully saturated rings. The van der Waals surface area contributed by atoms with Gasteiger partial charge in [-0.15, -0.1) is 0 Å². The SMILES string of the molecule is CNCc1ccc(CS(=O)(=O)NCc2ccncn2)cc1. The minimum Gasteiger partial charge on any atom is -0.316 e. The van der Waals surface area contributed by atoms with E-state index in [0.717, 1.165) is 17.7 Å². The number of nitrogens with zero attached hydrogens (tertiary/aromatic N) is 2. The second-order valence-electron chi connectivity index (χ2n) is 4.63. The molecule has 0 amide bonds. The Morgan fingerprint density at radius 2 is 1.76 bits per heavy atom. The molecular formula is C14H18N4O2S. The molecule has 0 spiro atoms. The Bertz CT molecular complexity index is 657. The van der Waals surface area contributed by atoms with E-state index in [1.165, 1.54) is 6.33 Å². The van der Waals surface area contributed by atoms with Crippen molar-refractivity contribution >= 4 is 10.0 Å². The van der Waals surface area contributed by atoms with Crippen molar-refractivity contribution in [2.45, 2.75) is 18.8 Å². The first kappa shape index (κ1) is 15.6. The molecule has 2 aromatic rings. The molecule has 6 nitrogen and oxygen atoms in total. The third-order valence-electron chi connectivity index (χ3n) is 2.88. The molecule has 2 rings (SSSR count). The van der Waals surface area contributed by atoms with E-state index >= 15 is 0 Å².